The second-order valence-corrected chi connectivity index (χ2v) is 12.5. The second-order valence-electron chi connectivity index (χ2n) is 10.5. The summed E-state index contributed by atoms with van der Waals surface area (Å²) in [5.74, 6) is 2.48. The molecule has 5 aromatic rings. The van der Waals surface area contributed by atoms with Gasteiger partial charge < -0.3 is 24.3 Å². The number of aromatic nitrogens is 4. The summed E-state index contributed by atoms with van der Waals surface area (Å²) in [6.07, 6.45) is 1.77. The average molecular weight is 600 g/mol. The summed E-state index contributed by atoms with van der Waals surface area (Å²) in [6, 6.07) is 22.6. The van der Waals surface area contributed by atoms with Gasteiger partial charge in [-0.15, -0.1) is 0 Å². The standard InChI is InChI=1S/C31H33N7O4S/c1-22-9-11-23(12-10-22)19-38-20-33-28-29(32-18-24-13-14-26-27(17-24)42-21-41-26)34-31(35-30(28)38)36(2)15-16-37(3)43(39,40)25-7-5-4-6-8-25/h4-14,17,20H,15-16,18-19,21H2,1-3H3,(H,32,34,35). The van der Waals surface area contributed by atoms with Gasteiger partial charge in [0, 0.05) is 33.7 Å². The minimum absolute atomic E-state index is 0.217. The maximum Gasteiger partial charge on any atom is 0.242 e. The van der Waals surface area contributed by atoms with Crippen molar-refractivity contribution in [3.63, 3.8) is 0 Å². The molecule has 1 N–H and O–H groups in total. The number of hydrogen-bond donors (Lipinski definition) is 1. The van der Waals surface area contributed by atoms with Crippen LogP contribution in [0, 0.1) is 6.92 Å². The number of fused-ring (bicyclic) bond motifs is 2. The molecule has 6 rings (SSSR count). The van der Waals surface area contributed by atoms with E-state index in [2.05, 4.69) is 41.5 Å². The van der Waals surface area contributed by atoms with E-state index < -0.39 is 10.0 Å². The first kappa shape index (κ1) is 28.4. The molecule has 1 aliphatic heterocycles. The third-order valence-electron chi connectivity index (χ3n) is 7.37. The number of rotatable bonds is 11. The molecule has 0 unspecified atom stereocenters. The van der Waals surface area contributed by atoms with E-state index in [-0.39, 0.29) is 18.2 Å². The fourth-order valence-electron chi connectivity index (χ4n) is 4.75. The number of hydrogen-bond acceptors (Lipinski definition) is 9. The number of imidazole rings is 1. The summed E-state index contributed by atoms with van der Waals surface area (Å²) >= 11 is 0. The number of nitrogens with one attached hydrogen (secondary N) is 1. The molecule has 0 atom stereocenters. The first-order valence-electron chi connectivity index (χ1n) is 13.9. The summed E-state index contributed by atoms with van der Waals surface area (Å²) in [4.78, 5) is 16.5. The van der Waals surface area contributed by atoms with Crippen LogP contribution in [-0.2, 0) is 23.1 Å². The Bertz CT molecular complexity index is 1840. The van der Waals surface area contributed by atoms with Crippen molar-refractivity contribution in [1.82, 2.24) is 23.8 Å². The predicted molar refractivity (Wildman–Crippen MR) is 165 cm³/mol. The highest BCUT2D eigenvalue weighted by Gasteiger charge is 2.22. The van der Waals surface area contributed by atoms with Crippen molar-refractivity contribution < 1.29 is 17.9 Å². The van der Waals surface area contributed by atoms with E-state index >= 15 is 0 Å². The zero-order valence-corrected chi connectivity index (χ0v) is 25.1. The van der Waals surface area contributed by atoms with Crippen molar-refractivity contribution >= 4 is 33.0 Å². The summed E-state index contributed by atoms with van der Waals surface area (Å²) in [7, 11) is -0.186. The van der Waals surface area contributed by atoms with Crippen molar-refractivity contribution in [1.29, 1.82) is 0 Å². The van der Waals surface area contributed by atoms with Crippen LogP contribution in [-0.4, -0.2) is 66.2 Å². The van der Waals surface area contributed by atoms with Gasteiger partial charge in [-0.2, -0.15) is 14.3 Å². The van der Waals surface area contributed by atoms with Gasteiger partial charge in [0.25, 0.3) is 0 Å². The van der Waals surface area contributed by atoms with Crippen LogP contribution in [0.3, 0.4) is 0 Å². The third kappa shape index (κ3) is 6.11. The zero-order valence-electron chi connectivity index (χ0n) is 24.3. The van der Waals surface area contributed by atoms with Gasteiger partial charge >= 0.3 is 0 Å². The lowest BCUT2D eigenvalue weighted by atomic mass is 10.1. The van der Waals surface area contributed by atoms with E-state index in [1.165, 1.54) is 9.87 Å². The molecule has 3 heterocycles. The molecule has 0 aliphatic carbocycles. The lowest BCUT2D eigenvalue weighted by Gasteiger charge is -2.22. The van der Waals surface area contributed by atoms with E-state index in [0.29, 0.717) is 48.3 Å². The van der Waals surface area contributed by atoms with Crippen LogP contribution in [0.15, 0.2) is 84.0 Å². The molecule has 0 amide bonds. The smallest absolute Gasteiger partial charge is 0.242 e. The molecular formula is C31H33N7O4S. The van der Waals surface area contributed by atoms with E-state index in [0.717, 1.165) is 16.9 Å². The Morgan fingerprint density at radius 3 is 2.44 bits per heavy atom. The number of nitrogens with zero attached hydrogens (tertiary/aromatic N) is 6. The molecule has 3 aromatic carbocycles. The van der Waals surface area contributed by atoms with Gasteiger partial charge in [-0.1, -0.05) is 54.1 Å². The first-order chi connectivity index (χ1) is 20.8. The minimum atomic E-state index is -3.62. The van der Waals surface area contributed by atoms with Gasteiger partial charge in [0.05, 0.1) is 17.8 Å². The number of ether oxygens (including phenoxy) is 2. The minimum Gasteiger partial charge on any atom is -0.454 e. The fraction of sp³-hybridized carbons (Fsp3) is 0.258. The largest absolute Gasteiger partial charge is 0.454 e. The summed E-state index contributed by atoms with van der Waals surface area (Å²) in [5.41, 5.74) is 4.64. The van der Waals surface area contributed by atoms with Gasteiger partial charge in [-0.05, 0) is 42.3 Å². The molecular weight excluding hydrogens is 566 g/mol. The fourth-order valence-corrected chi connectivity index (χ4v) is 5.94. The lowest BCUT2D eigenvalue weighted by molar-refractivity contribution is 0.174. The van der Waals surface area contributed by atoms with Gasteiger partial charge in [0.1, 0.15) is 0 Å². The molecule has 0 fully saturated rings. The van der Waals surface area contributed by atoms with Crippen LogP contribution >= 0.6 is 0 Å². The SMILES string of the molecule is Cc1ccc(Cn2cnc3c(NCc4ccc5c(c4)OCO5)nc(N(C)CCN(C)S(=O)(=O)c4ccccc4)nc32)cc1. The molecule has 12 heteroatoms. The summed E-state index contributed by atoms with van der Waals surface area (Å²) < 4.78 is 40.4. The normalized spacial score (nSPS) is 12.7. The highest BCUT2D eigenvalue weighted by molar-refractivity contribution is 7.89. The Hall–Kier alpha value is -4.68. The van der Waals surface area contributed by atoms with Crippen molar-refractivity contribution in [3.05, 3.63) is 95.8 Å². The lowest BCUT2D eigenvalue weighted by Crippen LogP contribution is -2.35. The van der Waals surface area contributed by atoms with E-state index in [1.807, 2.05) is 34.7 Å². The number of sulfonamides is 1. The van der Waals surface area contributed by atoms with Crippen LogP contribution in [0.2, 0.25) is 0 Å². The third-order valence-corrected chi connectivity index (χ3v) is 9.24. The molecule has 222 valence electrons. The Kier molecular flexibility index (Phi) is 7.87. The molecule has 11 nitrogen and oxygen atoms in total. The number of aryl methyl sites for hydroxylation is 1. The molecule has 0 bridgehead atoms. The zero-order chi connectivity index (χ0) is 30.0. The van der Waals surface area contributed by atoms with Crippen LogP contribution in [0.1, 0.15) is 16.7 Å². The second kappa shape index (κ2) is 11.9. The van der Waals surface area contributed by atoms with Gasteiger partial charge in [0.15, 0.2) is 28.5 Å². The van der Waals surface area contributed by atoms with Crippen LogP contribution < -0.4 is 19.7 Å². The van der Waals surface area contributed by atoms with Gasteiger partial charge in [-0.3, -0.25) is 0 Å². The van der Waals surface area contributed by atoms with Gasteiger partial charge in [0.2, 0.25) is 22.8 Å². The number of benzene rings is 3. The Labute approximate surface area is 250 Å². The van der Waals surface area contributed by atoms with Crippen molar-refractivity contribution in [3.8, 4) is 11.5 Å². The Balaban J connectivity index is 1.27. The number of likely N-dealkylation sites (N-methyl/N-ethyl adjacent to an activating group) is 2. The molecule has 0 saturated heterocycles. The van der Waals surface area contributed by atoms with Crippen molar-refractivity contribution in [2.75, 3.05) is 44.2 Å². The monoisotopic (exact) mass is 599 g/mol. The molecule has 0 radical (unpaired) electrons. The highest BCUT2D eigenvalue weighted by atomic mass is 32.2. The average Bonchev–Trinajstić information content (AvgIpc) is 3.66. The van der Waals surface area contributed by atoms with Gasteiger partial charge in [-0.25, -0.2) is 13.4 Å². The van der Waals surface area contributed by atoms with E-state index in [9.17, 15) is 8.42 Å². The molecule has 2 aromatic heterocycles. The maximum atomic E-state index is 13.0. The highest BCUT2D eigenvalue weighted by Crippen LogP contribution is 2.33. The first-order valence-corrected chi connectivity index (χ1v) is 15.4. The van der Waals surface area contributed by atoms with E-state index in [4.69, 9.17) is 19.4 Å². The van der Waals surface area contributed by atoms with E-state index in [1.54, 1.807) is 43.7 Å². The molecule has 43 heavy (non-hydrogen) atoms. The summed E-state index contributed by atoms with van der Waals surface area (Å²) in [5, 5.41) is 3.43. The molecule has 0 spiro atoms. The van der Waals surface area contributed by atoms with Crippen LogP contribution in [0.4, 0.5) is 11.8 Å². The quantitative estimate of drug-likeness (QED) is 0.238. The van der Waals surface area contributed by atoms with Crippen molar-refractivity contribution in [2.45, 2.75) is 24.9 Å². The Morgan fingerprint density at radius 1 is 0.907 bits per heavy atom. The van der Waals surface area contributed by atoms with Crippen LogP contribution in [0.25, 0.3) is 11.2 Å². The topological polar surface area (TPSA) is 115 Å². The predicted octanol–water partition coefficient (Wildman–Crippen LogP) is 4.28. The number of anilines is 2. The van der Waals surface area contributed by atoms with Crippen molar-refractivity contribution in [2.24, 2.45) is 0 Å². The van der Waals surface area contributed by atoms with Crippen LogP contribution in [0.5, 0.6) is 11.5 Å². The molecule has 0 saturated carbocycles. The Morgan fingerprint density at radius 2 is 1.65 bits per heavy atom. The summed E-state index contributed by atoms with van der Waals surface area (Å²) in [6.45, 7) is 3.98. The maximum absolute atomic E-state index is 13.0. The molecule has 1 aliphatic rings.